The zero-order valence-corrected chi connectivity index (χ0v) is 12.2. The molecule has 2 rings (SSSR count). The topological polar surface area (TPSA) is 59.4 Å². The summed E-state index contributed by atoms with van der Waals surface area (Å²) in [7, 11) is 0. The van der Waals surface area contributed by atoms with Crippen LogP contribution in [0.1, 0.15) is 5.56 Å². The van der Waals surface area contributed by atoms with Gasteiger partial charge >= 0.3 is 6.18 Å². The van der Waals surface area contributed by atoms with E-state index >= 15 is 0 Å². The molecule has 0 spiro atoms. The number of rotatable bonds is 2. The van der Waals surface area contributed by atoms with Gasteiger partial charge in [0.1, 0.15) is 10.8 Å². The monoisotopic (exact) mass is 353 g/mol. The second-order valence-corrected chi connectivity index (χ2v) is 4.46. The van der Waals surface area contributed by atoms with Crippen molar-refractivity contribution < 1.29 is 27.8 Å². The highest BCUT2D eigenvalue weighted by molar-refractivity contribution is 6.32. The molecule has 9 heteroatoms. The Kier molecular flexibility index (Phi) is 6.45. The average molecular weight is 354 g/mol. The summed E-state index contributed by atoms with van der Waals surface area (Å²) in [6.45, 7) is -0.250. The van der Waals surface area contributed by atoms with Crippen molar-refractivity contribution in [3.05, 3.63) is 52.1 Å². The molecule has 0 unspecified atom stereocenters. The van der Waals surface area contributed by atoms with Gasteiger partial charge in [0.25, 0.3) is 6.47 Å². The van der Waals surface area contributed by atoms with Crippen LogP contribution in [0.25, 0.3) is 0 Å². The third kappa shape index (κ3) is 5.09. The average Bonchev–Trinajstić information content (AvgIpc) is 2.43. The first kappa shape index (κ1) is 18.1. The van der Waals surface area contributed by atoms with Crippen LogP contribution in [-0.4, -0.2) is 16.6 Å². The van der Waals surface area contributed by atoms with Gasteiger partial charge < -0.3 is 9.84 Å². The van der Waals surface area contributed by atoms with E-state index in [2.05, 4.69) is 4.98 Å². The molecule has 0 saturated carbocycles. The summed E-state index contributed by atoms with van der Waals surface area (Å²) in [5, 5.41) is 6.95. The maximum Gasteiger partial charge on any atom is 0.417 e. The molecule has 4 nitrogen and oxygen atoms in total. The van der Waals surface area contributed by atoms with Crippen molar-refractivity contribution in [3.8, 4) is 11.6 Å². The van der Waals surface area contributed by atoms with E-state index in [9.17, 15) is 13.2 Å². The minimum absolute atomic E-state index is 0.136. The molecule has 0 amide bonds. The van der Waals surface area contributed by atoms with Crippen LogP contribution in [0.15, 0.2) is 36.5 Å². The Bertz CT molecular complexity index is 651. The first-order chi connectivity index (χ1) is 10.3. The van der Waals surface area contributed by atoms with Crippen molar-refractivity contribution in [2.24, 2.45) is 0 Å². The zero-order chi connectivity index (χ0) is 16.8. The second-order valence-electron chi connectivity index (χ2n) is 3.65. The Morgan fingerprint density at radius 1 is 1.18 bits per heavy atom. The first-order valence-corrected chi connectivity index (χ1v) is 6.28. The van der Waals surface area contributed by atoms with Gasteiger partial charge in [-0.2, -0.15) is 13.2 Å². The van der Waals surface area contributed by atoms with Crippen LogP contribution in [0, 0.1) is 0 Å². The van der Waals surface area contributed by atoms with Gasteiger partial charge in [0.05, 0.1) is 10.6 Å². The fourth-order valence-electron chi connectivity index (χ4n) is 1.29. The molecule has 0 aliphatic heterocycles. The summed E-state index contributed by atoms with van der Waals surface area (Å²) in [4.78, 5) is 11.9. The number of hydrogen-bond donors (Lipinski definition) is 1. The summed E-state index contributed by atoms with van der Waals surface area (Å²) in [5.41, 5.74) is -0.941. The van der Waals surface area contributed by atoms with Crippen LogP contribution in [0.5, 0.6) is 11.6 Å². The number of carboxylic acid groups (broad SMARTS) is 1. The van der Waals surface area contributed by atoms with Gasteiger partial charge in [0.15, 0.2) is 0 Å². The molecule has 0 radical (unpaired) electrons. The van der Waals surface area contributed by atoms with E-state index < -0.39 is 11.7 Å². The summed E-state index contributed by atoms with van der Waals surface area (Å²) < 4.78 is 42.6. The Balaban J connectivity index is 0.000000745. The maximum absolute atomic E-state index is 12.4. The molecule has 0 bridgehead atoms. The van der Waals surface area contributed by atoms with Crippen molar-refractivity contribution in [1.29, 1.82) is 0 Å². The molecule has 118 valence electrons. The number of alkyl halides is 3. The zero-order valence-electron chi connectivity index (χ0n) is 10.6. The summed E-state index contributed by atoms with van der Waals surface area (Å²) in [5.74, 6) is 0.126. The molecule has 0 atom stereocenters. The van der Waals surface area contributed by atoms with Gasteiger partial charge in [-0.15, -0.1) is 0 Å². The fourth-order valence-corrected chi connectivity index (χ4v) is 1.67. The van der Waals surface area contributed by atoms with E-state index in [0.29, 0.717) is 11.2 Å². The molecular formula is C13H8Cl2F3NO3. The molecule has 0 saturated heterocycles. The normalized spacial score (nSPS) is 10.4. The van der Waals surface area contributed by atoms with Gasteiger partial charge in [-0.1, -0.05) is 35.3 Å². The lowest BCUT2D eigenvalue weighted by Gasteiger charge is -2.10. The van der Waals surface area contributed by atoms with Crippen LogP contribution >= 0.6 is 23.2 Å². The highest BCUT2D eigenvalue weighted by Gasteiger charge is 2.31. The molecule has 1 heterocycles. The predicted molar refractivity (Wildman–Crippen MR) is 74.5 cm³/mol. The predicted octanol–water partition coefficient (Wildman–Crippen LogP) is 4.90. The minimum Gasteiger partial charge on any atom is -0.483 e. The number of para-hydroxylation sites is 1. The van der Waals surface area contributed by atoms with E-state index in [4.69, 9.17) is 37.8 Å². The van der Waals surface area contributed by atoms with Crippen molar-refractivity contribution in [2.75, 3.05) is 0 Å². The van der Waals surface area contributed by atoms with Crippen molar-refractivity contribution in [3.63, 3.8) is 0 Å². The molecule has 1 N–H and O–H groups in total. The van der Waals surface area contributed by atoms with Gasteiger partial charge in [0.2, 0.25) is 5.88 Å². The van der Waals surface area contributed by atoms with Gasteiger partial charge in [-0.25, -0.2) is 4.98 Å². The lowest BCUT2D eigenvalue weighted by atomic mass is 10.3. The number of nitrogens with zero attached hydrogens (tertiary/aromatic N) is 1. The highest BCUT2D eigenvalue weighted by Crippen LogP contribution is 2.36. The Hall–Kier alpha value is -1.99. The van der Waals surface area contributed by atoms with Crippen molar-refractivity contribution >= 4 is 29.7 Å². The third-order valence-electron chi connectivity index (χ3n) is 2.18. The van der Waals surface area contributed by atoms with E-state index in [1.165, 1.54) is 0 Å². The molecule has 2 aromatic rings. The number of ether oxygens (including phenoxy) is 1. The summed E-state index contributed by atoms with van der Waals surface area (Å²) in [6, 6.07) is 7.24. The Morgan fingerprint density at radius 2 is 1.77 bits per heavy atom. The molecule has 1 aromatic carbocycles. The SMILES string of the molecule is FC(F)(F)c1cnc(Oc2ccccc2Cl)c(Cl)c1.O=CO. The Labute approximate surface area is 133 Å². The molecule has 0 aliphatic carbocycles. The van der Waals surface area contributed by atoms with E-state index in [1.807, 2.05) is 0 Å². The lowest BCUT2D eigenvalue weighted by molar-refractivity contribution is -0.137. The third-order valence-corrected chi connectivity index (χ3v) is 2.76. The number of carbonyl (C=O) groups is 1. The highest BCUT2D eigenvalue weighted by atomic mass is 35.5. The summed E-state index contributed by atoms with van der Waals surface area (Å²) in [6.07, 6.45) is -3.85. The number of hydrogen-bond acceptors (Lipinski definition) is 3. The number of benzene rings is 1. The largest absolute Gasteiger partial charge is 0.483 e. The molecule has 1 aromatic heterocycles. The van der Waals surface area contributed by atoms with E-state index in [0.717, 1.165) is 6.07 Å². The maximum atomic E-state index is 12.4. The lowest BCUT2D eigenvalue weighted by Crippen LogP contribution is -2.05. The molecular weight excluding hydrogens is 346 g/mol. The summed E-state index contributed by atoms with van der Waals surface area (Å²) >= 11 is 11.6. The van der Waals surface area contributed by atoms with Gasteiger partial charge in [0, 0.05) is 6.20 Å². The molecule has 0 fully saturated rings. The standard InChI is InChI=1S/C12H6Cl2F3NO.CH2O2/c13-8-3-1-2-4-10(8)19-11-9(14)5-7(6-18-11)12(15,16)17;2-1-3/h1-6H;1H,(H,2,3). The fraction of sp³-hybridized carbons (Fsp3) is 0.0769. The quantitative estimate of drug-likeness (QED) is 0.780. The van der Waals surface area contributed by atoms with Crippen LogP contribution in [0.4, 0.5) is 13.2 Å². The number of aromatic nitrogens is 1. The van der Waals surface area contributed by atoms with E-state index in [-0.39, 0.29) is 23.1 Å². The van der Waals surface area contributed by atoms with Crippen LogP contribution in [0.3, 0.4) is 0 Å². The first-order valence-electron chi connectivity index (χ1n) is 5.52. The van der Waals surface area contributed by atoms with Crippen LogP contribution < -0.4 is 4.74 Å². The van der Waals surface area contributed by atoms with E-state index in [1.54, 1.807) is 24.3 Å². The van der Waals surface area contributed by atoms with Gasteiger partial charge in [-0.3, -0.25) is 4.79 Å². The minimum atomic E-state index is -4.50. The smallest absolute Gasteiger partial charge is 0.417 e. The van der Waals surface area contributed by atoms with Crippen molar-refractivity contribution in [1.82, 2.24) is 4.98 Å². The Morgan fingerprint density at radius 3 is 2.27 bits per heavy atom. The number of halogens is 5. The van der Waals surface area contributed by atoms with Crippen LogP contribution in [-0.2, 0) is 11.0 Å². The molecule has 22 heavy (non-hydrogen) atoms. The second kappa shape index (κ2) is 7.86. The molecule has 0 aliphatic rings. The van der Waals surface area contributed by atoms with Gasteiger partial charge in [-0.05, 0) is 18.2 Å². The number of pyridine rings is 1. The van der Waals surface area contributed by atoms with Crippen molar-refractivity contribution in [2.45, 2.75) is 6.18 Å². The van der Waals surface area contributed by atoms with Crippen LogP contribution in [0.2, 0.25) is 10.0 Å².